The molecule has 0 fully saturated rings. The van der Waals surface area contributed by atoms with Crippen LogP contribution in [0.2, 0.25) is 5.02 Å². The Kier molecular flexibility index (Phi) is 4.17. The Bertz CT molecular complexity index is 578. The van der Waals surface area contributed by atoms with Crippen LogP contribution in [0.4, 0.5) is 8.78 Å². The summed E-state index contributed by atoms with van der Waals surface area (Å²) in [6.07, 6.45) is -0.674. The van der Waals surface area contributed by atoms with Gasteiger partial charge < -0.3 is 5.11 Å². The predicted molar refractivity (Wildman–Crippen MR) is 71.2 cm³/mol. The zero-order valence-corrected chi connectivity index (χ0v) is 11.1. The molecule has 0 spiro atoms. The van der Waals surface area contributed by atoms with E-state index in [1.165, 1.54) is 12.1 Å². The molecule has 1 unspecified atom stereocenters. The summed E-state index contributed by atoms with van der Waals surface area (Å²) in [5.74, 6) is -1.29. The third-order valence-corrected chi connectivity index (χ3v) is 3.34. The largest absolute Gasteiger partial charge is 0.388 e. The van der Waals surface area contributed by atoms with Gasteiger partial charge in [-0.1, -0.05) is 23.7 Å². The first-order valence-electron chi connectivity index (χ1n) is 5.85. The molecule has 100 valence electrons. The second kappa shape index (κ2) is 5.68. The Balaban J connectivity index is 2.20. The maximum absolute atomic E-state index is 13.1. The predicted octanol–water partition coefficient (Wildman–Crippen LogP) is 4.20. The summed E-state index contributed by atoms with van der Waals surface area (Å²) in [4.78, 5) is 0. The van der Waals surface area contributed by atoms with Crippen LogP contribution in [-0.4, -0.2) is 5.11 Å². The van der Waals surface area contributed by atoms with Crippen LogP contribution in [0.1, 0.15) is 22.8 Å². The summed E-state index contributed by atoms with van der Waals surface area (Å²) < 4.78 is 26.1. The van der Waals surface area contributed by atoms with Crippen molar-refractivity contribution in [1.82, 2.24) is 0 Å². The van der Waals surface area contributed by atoms with Gasteiger partial charge in [-0.05, 0) is 41.8 Å². The van der Waals surface area contributed by atoms with Crippen molar-refractivity contribution in [2.24, 2.45) is 0 Å². The number of aliphatic hydroxyl groups is 1. The lowest BCUT2D eigenvalue weighted by Crippen LogP contribution is -2.03. The molecule has 0 saturated carbocycles. The lowest BCUT2D eigenvalue weighted by Gasteiger charge is -2.12. The van der Waals surface area contributed by atoms with E-state index in [0.29, 0.717) is 16.1 Å². The number of aliphatic hydroxyl groups excluding tert-OH is 1. The summed E-state index contributed by atoms with van der Waals surface area (Å²) >= 11 is 5.91. The van der Waals surface area contributed by atoms with Gasteiger partial charge in [0.15, 0.2) is 0 Å². The van der Waals surface area contributed by atoms with Crippen LogP contribution < -0.4 is 0 Å². The van der Waals surface area contributed by atoms with Gasteiger partial charge in [0, 0.05) is 17.5 Å². The molecule has 19 heavy (non-hydrogen) atoms. The minimum atomic E-state index is -0.822. The first kappa shape index (κ1) is 14.0. The van der Waals surface area contributed by atoms with Crippen molar-refractivity contribution in [3.8, 4) is 0 Å². The standard InChI is InChI=1S/C15H13ClF2O/c1-9-4-11(2-3-14(9)16)15(19)7-10-5-12(17)8-13(18)6-10/h2-6,8,15,19H,7H2,1H3. The van der Waals surface area contributed by atoms with Crippen molar-refractivity contribution in [1.29, 1.82) is 0 Å². The molecule has 2 rings (SSSR count). The van der Waals surface area contributed by atoms with E-state index in [0.717, 1.165) is 11.6 Å². The van der Waals surface area contributed by atoms with Crippen LogP contribution in [0.15, 0.2) is 36.4 Å². The van der Waals surface area contributed by atoms with E-state index in [4.69, 9.17) is 11.6 Å². The maximum Gasteiger partial charge on any atom is 0.126 e. The van der Waals surface area contributed by atoms with Crippen LogP contribution in [-0.2, 0) is 6.42 Å². The number of rotatable bonds is 3. The van der Waals surface area contributed by atoms with E-state index in [2.05, 4.69) is 0 Å². The molecule has 2 aromatic carbocycles. The highest BCUT2D eigenvalue weighted by Gasteiger charge is 2.11. The lowest BCUT2D eigenvalue weighted by atomic mass is 10.00. The van der Waals surface area contributed by atoms with Crippen molar-refractivity contribution in [2.45, 2.75) is 19.4 Å². The highest BCUT2D eigenvalue weighted by Crippen LogP contribution is 2.24. The van der Waals surface area contributed by atoms with Crippen molar-refractivity contribution in [2.75, 3.05) is 0 Å². The molecule has 2 aromatic rings. The Morgan fingerprint density at radius 3 is 2.32 bits per heavy atom. The number of hydrogen-bond acceptors (Lipinski definition) is 1. The number of halogens is 3. The third-order valence-electron chi connectivity index (χ3n) is 2.92. The molecule has 0 aliphatic carbocycles. The zero-order valence-electron chi connectivity index (χ0n) is 10.3. The minimum absolute atomic E-state index is 0.149. The zero-order chi connectivity index (χ0) is 14.0. The molecule has 0 heterocycles. The molecule has 0 saturated heterocycles. The monoisotopic (exact) mass is 282 g/mol. The minimum Gasteiger partial charge on any atom is -0.388 e. The van der Waals surface area contributed by atoms with Crippen LogP contribution in [0.3, 0.4) is 0 Å². The number of hydrogen-bond donors (Lipinski definition) is 1. The average molecular weight is 283 g/mol. The molecule has 0 aliphatic heterocycles. The smallest absolute Gasteiger partial charge is 0.126 e. The van der Waals surface area contributed by atoms with Gasteiger partial charge in [-0.15, -0.1) is 0 Å². The van der Waals surface area contributed by atoms with Crippen LogP contribution >= 0.6 is 11.6 Å². The van der Waals surface area contributed by atoms with E-state index < -0.39 is 17.7 Å². The van der Waals surface area contributed by atoms with Gasteiger partial charge in [-0.2, -0.15) is 0 Å². The van der Waals surface area contributed by atoms with E-state index in [1.807, 2.05) is 6.92 Å². The van der Waals surface area contributed by atoms with Gasteiger partial charge in [0.05, 0.1) is 6.10 Å². The molecule has 0 aromatic heterocycles. The van der Waals surface area contributed by atoms with Crippen LogP contribution in [0.25, 0.3) is 0 Å². The van der Waals surface area contributed by atoms with Crippen molar-refractivity contribution in [3.05, 3.63) is 69.7 Å². The van der Waals surface area contributed by atoms with Gasteiger partial charge in [0.2, 0.25) is 0 Å². The summed E-state index contributed by atoms with van der Waals surface area (Å²) in [7, 11) is 0. The molecule has 0 radical (unpaired) electrons. The van der Waals surface area contributed by atoms with E-state index in [-0.39, 0.29) is 6.42 Å². The molecule has 0 bridgehead atoms. The molecular formula is C15H13ClF2O. The summed E-state index contributed by atoms with van der Waals surface area (Å²) in [6, 6.07) is 8.41. The van der Waals surface area contributed by atoms with E-state index >= 15 is 0 Å². The molecular weight excluding hydrogens is 270 g/mol. The maximum atomic E-state index is 13.1. The van der Waals surface area contributed by atoms with Gasteiger partial charge in [0.25, 0.3) is 0 Å². The Morgan fingerprint density at radius 2 is 1.74 bits per heavy atom. The molecule has 4 heteroatoms. The Hall–Kier alpha value is -1.45. The molecule has 1 nitrogen and oxygen atoms in total. The SMILES string of the molecule is Cc1cc(C(O)Cc2cc(F)cc(F)c2)ccc1Cl. The third kappa shape index (κ3) is 3.52. The average Bonchev–Trinajstić information content (AvgIpc) is 2.31. The fraction of sp³-hybridized carbons (Fsp3) is 0.200. The highest BCUT2D eigenvalue weighted by molar-refractivity contribution is 6.31. The summed E-state index contributed by atoms with van der Waals surface area (Å²) in [5, 5.41) is 10.7. The summed E-state index contributed by atoms with van der Waals surface area (Å²) in [6.45, 7) is 1.83. The highest BCUT2D eigenvalue weighted by atomic mass is 35.5. The number of aryl methyl sites for hydroxylation is 1. The van der Waals surface area contributed by atoms with E-state index in [1.54, 1.807) is 18.2 Å². The van der Waals surface area contributed by atoms with Crippen molar-refractivity contribution in [3.63, 3.8) is 0 Å². The van der Waals surface area contributed by atoms with Crippen LogP contribution in [0, 0.1) is 18.6 Å². The topological polar surface area (TPSA) is 20.2 Å². The fourth-order valence-electron chi connectivity index (χ4n) is 1.95. The molecule has 0 amide bonds. The molecule has 1 N–H and O–H groups in total. The van der Waals surface area contributed by atoms with Gasteiger partial charge in [-0.3, -0.25) is 0 Å². The lowest BCUT2D eigenvalue weighted by molar-refractivity contribution is 0.178. The second-order valence-electron chi connectivity index (χ2n) is 4.51. The second-order valence-corrected chi connectivity index (χ2v) is 4.91. The van der Waals surface area contributed by atoms with Crippen molar-refractivity contribution < 1.29 is 13.9 Å². The van der Waals surface area contributed by atoms with Gasteiger partial charge in [-0.25, -0.2) is 8.78 Å². The van der Waals surface area contributed by atoms with Gasteiger partial charge >= 0.3 is 0 Å². The molecule has 0 aliphatic rings. The fourth-order valence-corrected chi connectivity index (χ4v) is 2.06. The Morgan fingerprint density at radius 1 is 1.11 bits per heavy atom. The Labute approximate surface area is 115 Å². The van der Waals surface area contributed by atoms with Crippen LogP contribution in [0.5, 0.6) is 0 Å². The van der Waals surface area contributed by atoms with Crippen molar-refractivity contribution >= 4 is 11.6 Å². The molecule has 1 atom stereocenters. The number of benzene rings is 2. The quantitative estimate of drug-likeness (QED) is 0.894. The van der Waals surface area contributed by atoms with E-state index in [9.17, 15) is 13.9 Å². The van der Waals surface area contributed by atoms with Gasteiger partial charge in [0.1, 0.15) is 11.6 Å². The summed E-state index contributed by atoms with van der Waals surface area (Å²) in [5.41, 5.74) is 1.94. The first-order chi connectivity index (χ1) is 8.95. The normalized spacial score (nSPS) is 12.5. The first-order valence-corrected chi connectivity index (χ1v) is 6.22.